The number of nitrogens with one attached hydrogen (secondary N) is 2. The SMILES string of the molecule is O=C(Nc1ccc2c(c1)cc(C(=O)NCCc1ccccn1)n2Cc1ccccc1)c1ccco1. The molecule has 0 aliphatic carbocycles. The number of hydrogen-bond acceptors (Lipinski definition) is 4. The van der Waals surface area contributed by atoms with Crippen molar-refractivity contribution >= 4 is 28.4 Å². The van der Waals surface area contributed by atoms with E-state index in [1.165, 1.54) is 6.26 Å². The highest BCUT2D eigenvalue weighted by atomic mass is 16.3. The Morgan fingerprint density at radius 1 is 0.886 bits per heavy atom. The summed E-state index contributed by atoms with van der Waals surface area (Å²) in [6, 6.07) is 26.5. The fourth-order valence-corrected chi connectivity index (χ4v) is 4.01. The van der Waals surface area contributed by atoms with Gasteiger partial charge in [-0.05, 0) is 54.1 Å². The van der Waals surface area contributed by atoms with Crippen molar-refractivity contribution in [1.29, 1.82) is 0 Å². The quantitative estimate of drug-likeness (QED) is 0.342. The molecule has 174 valence electrons. The van der Waals surface area contributed by atoms with Gasteiger partial charge in [0.2, 0.25) is 0 Å². The summed E-state index contributed by atoms with van der Waals surface area (Å²) in [7, 11) is 0. The zero-order valence-corrected chi connectivity index (χ0v) is 19.0. The molecule has 7 heteroatoms. The van der Waals surface area contributed by atoms with Gasteiger partial charge in [-0.3, -0.25) is 14.6 Å². The lowest BCUT2D eigenvalue weighted by Crippen LogP contribution is -2.28. The summed E-state index contributed by atoms with van der Waals surface area (Å²) in [6.45, 7) is 1.03. The molecule has 0 saturated carbocycles. The van der Waals surface area contributed by atoms with Crippen LogP contribution in [0.2, 0.25) is 0 Å². The summed E-state index contributed by atoms with van der Waals surface area (Å²) >= 11 is 0. The normalized spacial score (nSPS) is 10.9. The summed E-state index contributed by atoms with van der Waals surface area (Å²) in [5.74, 6) is -0.250. The van der Waals surface area contributed by atoms with Crippen LogP contribution in [0.5, 0.6) is 0 Å². The Morgan fingerprint density at radius 3 is 2.51 bits per heavy atom. The first-order valence-electron chi connectivity index (χ1n) is 11.4. The van der Waals surface area contributed by atoms with E-state index in [1.807, 2.05) is 77.4 Å². The Labute approximate surface area is 202 Å². The molecule has 0 saturated heterocycles. The molecule has 3 heterocycles. The standard InChI is InChI=1S/C28H24N4O3/c33-27(30-15-13-22-9-4-5-14-29-22)25-18-21-17-23(31-28(34)26-10-6-16-35-26)11-12-24(21)32(25)19-20-7-2-1-3-8-20/h1-12,14,16-18H,13,15,19H2,(H,30,33)(H,31,34). The molecular formula is C28H24N4O3. The van der Waals surface area contributed by atoms with Crippen molar-refractivity contribution in [3.8, 4) is 0 Å². The summed E-state index contributed by atoms with van der Waals surface area (Å²) in [4.78, 5) is 29.9. The fourth-order valence-electron chi connectivity index (χ4n) is 4.01. The zero-order chi connectivity index (χ0) is 24.0. The molecule has 0 atom stereocenters. The highest BCUT2D eigenvalue weighted by molar-refractivity contribution is 6.04. The number of pyridine rings is 1. The minimum atomic E-state index is -0.328. The Balaban J connectivity index is 1.41. The molecule has 2 aromatic carbocycles. The first-order chi connectivity index (χ1) is 17.2. The third kappa shape index (κ3) is 5.14. The maximum Gasteiger partial charge on any atom is 0.291 e. The van der Waals surface area contributed by atoms with Crippen LogP contribution in [0, 0.1) is 0 Å². The molecule has 0 spiro atoms. The summed E-state index contributed by atoms with van der Waals surface area (Å²) in [5.41, 5.74) is 4.09. The number of amides is 2. The van der Waals surface area contributed by atoms with Crippen molar-refractivity contribution in [2.24, 2.45) is 0 Å². The van der Waals surface area contributed by atoms with Gasteiger partial charge in [0.25, 0.3) is 11.8 Å². The Morgan fingerprint density at radius 2 is 1.74 bits per heavy atom. The van der Waals surface area contributed by atoms with Crippen molar-refractivity contribution in [2.75, 3.05) is 11.9 Å². The van der Waals surface area contributed by atoms with Gasteiger partial charge in [-0.25, -0.2) is 0 Å². The van der Waals surface area contributed by atoms with Crippen LogP contribution in [0.3, 0.4) is 0 Å². The second-order valence-corrected chi connectivity index (χ2v) is 8.13. The predicted molar refractivity (Wildman–Crippen MR) is 134 cm³/mol. The van der Waals surface area contributed by atoms with Gasteiger partial charge in [0.15, 0.2) is 5.76 Å². The molecule has 0 bridgehead atoms. The summed E-state index contributed by atoms with van der Waals surface area (Å²) in [5, 5.41) is 6.72. The van der Waals surface area contributed by atoms with E-state index >= 15 is 0 Å². The average Bonchev–Trinajstić information content (AvgIpc) is 3.54. The highest BCUT2D eigenvalue weighted by Gasteiger charge is 2.17. The molecule has 2 N–H and O–H groups in total. The van der Waals surface area contributed by atoms with E-state index < -0.39 is 0 Å². The minimum absolute atomic E-state index is 0.158. The van der Waals surface area contributed by atoms with E-state index in [0.717, 1.165) is 22.2 Å². The number of nitrogens with zero attached hydrogens (tertiary/aromatic N) is 2. The van der Waals surface area contributed by atoms with Crippen molar-refractivity contribution in [3.05, 3.63) is 120 Å². The van der Waals surface area contributed by atoms with Gasteiger partial charge in [0, 0.05) is 48.0 Å². The van der Waals surface area contributed by atoms with E-state index in [-0.39, 0.29) is 17.6 Å². The van der Waals surface area contributed by atoms with E-state index in [2.05, 4.69) is 15.6 Å². The number of hydrogen-bond donors (Lipinski definition) is 2. The second-order valence-electron chi connectivity index (χ2n) is 8.13. The lowest BCUT2D eigenvalue weighted by Gasteiger charge is -2.12. The summed E-state index contributed by atoms with van der Waals surface area (Å²) < 4.78 is 7.17. The fraction of sp³-hybridized carbons (Fsp3) is 0.107. The molecule has 5 aromatic rings. The number of fused-ring (bicyclic) bond motifs is 1. The van der Waals surface area contributed by atoms with Crippen LogP contribution in [0.25, 0.3) is 10.9 Å². The molecule has 0 fully saturated rings. The maximum absolute atomic E-state index is 13.2. The zero-order valence-electron chi connectivity index (χ0n) is 19.0. The largest absolute Gasteiger partial charge is 0.459 e. The Kier molecular flexibility index (Phi) is 6.39. The molecule has 0 unspecified atom stereocenters. The van der Waals surface area contributed by atoms with Crippen LogP contribution in [0.15, 0.2) is 102 Å². The lowest BCUT2D eigenvalue weighted by molar-refractivity contribution is 0.0944. The minimum Gasteiger partial charge on any atom is -0.459 e. The van der Waals surface area contributed by atoms with Crippen molar-refractivity contribution < 1.29 is 14.0 Å². The highest BCUT2D eigenvalue weighted by Crippen LogP contribution is 2.25. The number of carbonyl (C=O) groups excluding carboxylic acids is 2. The van der Waals surface area contributed by atoms with Crippen LogP contribution in [-0.2, 0) is 13.0 Å². The first-order valence-corrected chi connectivity index (χ1v) is 11.4. The summed E-state index contributed by atoms with van der Waals surface area (Å²) in [6.07, 6.45) is 3.85. The van der Waals surface area contributed by atoms with Crippen LogP contribution < -0.4 is 10.6 Å². The van der Waals surface area contributed by atoms with Crippen LogP contribution in [0.1, 0.15) is 32.3 Å². The molecular weight excluding hydrogens is 440 g/mol. The van der Waals surface area contributed by atoms with Gasteiger partial charge in [0.05, 0.1) is 6.26 Å². The number of anilines is 1. The topological polar surface area (TPSA) is 89.2 Å². The maximum atomic E-state index is 13.2. The van der Waals surface area contributed by atoms with Crippen LogP contribution >= 0.6 is 0 Å². The molecule has 35 heavy (non-hydrogen) atoms. The molecule has 0 aliphatic heterocycles. The average molecular weight is 465 g/mol. The van der Waals surface area contributed by atoms with Crippen molar-refractivity contribution in [2.45, 2.75) is 13.0 Å². The van der Waals surface area contributed by atoms with Gasteiger partial charge in [0.1, 0.15) is 5.69 Å². The van der Waals surface area contributed by atoms with Crippen LogP contribution in [-0.4, -0.2) is 27.9 Å². The second kappa shape index (κ2) is 10.1. The van der Waals surface area contributed by atoms with E-state index in [0.29, 0.717) is 30.9 Å². The monoisotopic (exact) mass is 464 g/mol. The third-order valence-corrected chi connectivity index (χ3v) is 5.71. The number of carbonyl (C=O) groups is 2. The van der Waals surface area contributed by atoms with Gasteiger partial charge in [-0.2, -0.15) is 0 Å². The molecule has 0 aliphatic rings. The lowest BCUT2D eigenvalue weighted by atomic mass is 10.2. The van der Waals surface area contributed by atoms with Gasteiger partial charge >= 0.3 is 0 Å². The predicted octanol–water partition coefficient (Wildman–Crippen LogP) is 4.90. The Hall–Kier alpha value is -4.65. The number of benzene rings is 2. The van der Waals surface area contributed by atoms with Crippen LogP contribution in [0.4, 0.5) is 5.69 Å². The number of rotatable bonds is 8. The van der Waals surface area contributed by atoms with Crippen molar-refractivity contribution in [3.63, 3.8) is 0 Å². The third-order valence-electron chi connectivity index (χ3n) is 5.71. The molecule has 0 radical (unpaired) electrons. The molecule has 5 rings (SSSR count). The molecule has 7 nitrogen and oxygen atoms in total. The van der Waals surface area contributed by atoms with Crippen molar-refractivity contribution in [1.82, 2.24) is 14.9 Å². The van der Waals surface area contributed by atoms with E-state index in [1.54, 1.807) is 18.3 Å². The van der Waals surface area contributed by atoms with E-state index in [4.69, 9.17) is 4.42 Å². The molecule has 2 amide bonds. The number of furan rings is 1. The van der Waals surface area contributed by atoms with E-state index in [9.17, 15) is 9.59 Å². The smallest absolute Gasteiger partial charge is 0.291 e. The number of aromatic nitrogens is 2. The van der Waals surface area contributed by atoms with Gasteiger partial charge in [-0.15, -0.1) is 0 Å². The Bertz CT molecular complexity index is 1440. The first kappa shape index (κ1) is 22.2. The van der Waals surface area contributed by atoms with Gasteiger partial charge in [-0.1, -0.05) is 36.4 Å². The van der Waals surface area contributed by atoms with Gasteiger partial charge < -0.3 is 19.6 Å². The molecule has 3 aromatic heterocycles.